The topological polar surface area (TPSA) is 9.23 Å². The van der Waals surface area contributed by atoms with Crippen LogP contribution in [0, 0.1) is 11.6 Å². The lowest BCUT2D eigenvalue weighted by Gasteiger charge is -1.98. The lowest BCUT2D eigenvalue weighted by molar-refractivity contribution is 0.484. The van der Waals surface area contributed by atoms with Gasteiger partial charge < -0.3 is 4.18 Å². The first-order valence-electron chi connectivity index (χ1n) is 2.90. The van der Waals surface area contributed by atoms with E-state index in [0.717, 1.165) is 18.1 Å². The molecular formula is C7H6F2OS. The Labute approximate surface area is 67.6 Å². The van der Waals surface area contributed by atoms with E-state index in [4.69, 9.17) is 0 Å². The maximum absolute atomic E-state index is 12.7. The smallest absolute Gasteiger partial charge is 0.141 e. The van der Waals surface area contributed by atoms with Gasteiger partial charge in [-0.2, -0.15) is 0 Å². The van der Waals surface area contributed by atoms with Crippen LogP contribution in [-0.2, 0) is 4.18 Å². The third-order valence-corrected chi connectivity index (χ3v) is 1.74. The van der Waals surface area contributed by atoms with E-state index in [2.05, 4.69) is 4.18 Å². The number of hydrogen-bond acceptors (Lipinski definition) is 2. The Balaban J connectivity index is 2.90. The summed E-state index contributed by atoms with van der Waals surface area (Å²) in [6.45, 7) is 0. The maximum atomic E-state index is 12.7. The zero-order chi connectivity index (χ0) is 8.27. The van der Waals surface area contributed by atoms with Crippen molar-refractivity contribution < 1.29 is 13.0 Å². The fourth-order valence-electron chi connectivity index (χ4n) is 0.633. The lowest BCUT2D eigenvalue weighted by Crippen LogP contribution is -1.82. The van der Waals surface area contributed by atoms with Gasteiger partial charge in [0.15, 0.2) is 0 Å². The van der Waals surface area contributed by atoms with Crippen molar-refractivity contribution in [3.05, 3.63) is 29.8 Å². The van der Waals surface area contributed by atoms with Gasteiger partial charge in [0.2, 0.25) is 0 Å². The van der Waals surface area contributed by atoms with Gasteiger partial charge in [-0.15, -0.1) is 0 Å². The van der Waals surface area contributed by atoms with Crippen molar-refractivity contribution in [2.75, 3.05) is 7.11 Å². The molecule has 0 unspecified atom stereocenters. The van der Waals surface area contributed by atoms with E-state index in [9.17, 15) is 8.78 Å². The Kier molecular flexibility index (Phi) is 2.84. The standard InChI is InChI=1S/C7H6F2OS/c1-10-11-7-3-2-5(8)4-6(7)9/h2-4H,1H3. The predicted octanol–water partition coefficient (Wildman–Crippen LogP) is 2.62. The molecule has 60 valence electrons. The minimum atomic E-state index is -0.600. The highest BCUT2D eigenvalue weighted by Crippen LogP contribution is 2.21. The highest BCUT2D eigenvalue weighted by molar-refractivity contribution is 7.94. The minimum Gasteiger partial charge on any atom is -0.313 e. The zero-order valence-corrected chi connectivity index (χ0v) is 6.62. The van der Waals surface area contributed by atoms with Gasteiger partial charge in [0.05, 0.1) is 12.0 Å². The van der Waals surface area contributed by atoms with E-state index in [1.807, 2.05) is 0 Å². The summed E-state index contributed by atoms with van der Waals surface area (Å²) in [5, 5.41) is 0. The summed E-state index contributed by atoms with van der Waals surface area (Å²) in [5.74, 6) is -1.18. The SMILES string of the molecule is COSc1ccc(F)cc1F. The number of rotatable bonds is 2. The molecule has 0 saturated heterocycles. The second-order valence-corrected chi connectivity index (χ2v) is 2.76. The molecule has 11 heavy (non-hydrogen) atoms. The molecular weight excluding hydrogens is 170 g/mol. The Morgan fingerprint density at radius 1 is 1.36 bits per heavy atom. The average molecular weight is 176 g/mol. The molecule has 0 fully saturated rings. The van der Waals surface area contributed by atoms with E-state index in [1.54, 1.807) is 0 Å². The molecule has 1 nitrogen and oxygen atoms in total. The second-order valence-electron chi connectivity index (χ2n) is 1.82. The average Bonchev–Trinajstić information content (AvgIpc) is 1.95. The molecule has 0 bridgehead atoms. The van der Waals surface area contributed by atoms with Gasteiger partial charge in [-0.25, -0.2) is 8.78 Å². The summed E-state index contributed by atoms with van der Waals surface area (Å²) < 4.78 is 29.6. The van der Waals surface area contributed by atoms with Crippen LogP contribution in [0.15, 0.2) is 23.1 Å². The molecule has 0 atom stereocenters. The minimum absolute atomic E-state index is 0.286. The molecule has 0 saturated carbocycles. The van der Waals surface area contributed by atoms with Crippen molar-refractivity contribution >= 4 is 12.0 Å². The Morgan fingerprint density at radius 2 is 2.09 bits per heavy atom. The third kappa shape index (κ3) is 2.17. The molecule has 0 spiro atoms. The van der Waals surface area contributed by atoms with E-state index in [1.165, 1.54) is 19.2 Å². The van der Waals surface area contributed by atoms with E-state index in [0.29, 0.717) is 0 Å². The molecule has 0 radical (unpaired) electrons. The Bertz CT molecular complexity index is 252. The van der Waals surface area contributed by atoms with E-state index in [-0.39, 0.29) is 4.90 Å². The van der Waals surface area contributed by atoms with E-state index >= 15 is 0 Å². The zero-order valence-electron chi connectivity index (χ0n) is 5.80. The van der Waals surface area contributed by atoms with E-state index < -0.39 is 11.6 Å². The summed E-state index contributed by atoms with van der Waals surface area (Å²) >= 11 is 0.869. The molecule has 0 aliphatic carbocycles. The molecule has 0 aliphatic heterocycles. The second kappa shape index (κ2) is 3.69. The molecule has 0 N–H and O–H groups in total. The Hall–Kier alpha value is -0.610. The number of hydrogen-bond donors (Lipinski definition) is 0. The van der Waals surface area contributed by atoms with Gasteiger partial charge in [-0.05, 0) is 12.1 Å². The highest BCUT2D eigenvalue weighted by atomic mass is 32.2. The summed E-state index contributed by atoms with van der Waals surface area (Å²) in [4.78, 5) is 0.286. The fraction of sp³-hybridized carbons (Fsp3) is 0.143. The van der Waals surface area contributed by atoms with Crippen LogP contribution < -0.4 is 0 Å². The van der Waals surface area contributed by atoms with Gasteiger partial charge in [-0.1, -0.05) is 0 Å². The van der Waals surface area contributed by atoms with Crippen LogP contribution in [0.25, 0.3) is 0 Å². The quantitative estimate of drug-likeness (QED) is 0.640. The van der Waals surface area contributed by atoms with Gasteiger partial charge >= 0.3 is 0 Å². The maximum Gasteiger partial charge on any atom is 0.141 e. The van der Waals surface area contributed by atoms with Crippen molar-refractivity contribution in [1.29, 1.82) is 0 Å². The van der Waals surface area contributed by atoms with Crippen LogP contribution >= 0.6 is 12.0 Å². The molecule has 0 aliphatic rings. The summed E-state index contributed by atoms with van der Waals surface area (Å²) in [5.41, 5.74) is 0. The summed E-state index contributed by atoms with van der Waals surface area (Å²) in [7, 11) is 1.42. The van der Waals surface area contributed by atoms with Gasteiger partial charge in [0, 0.05) is 18.1 Å². The number of benzene rings is 1. The molecule has 1 aromatic carbocycles. The molecule has 1 aromatic rings. The van der Waals surface area contributed by atoms with Gasteiger partial charge in [0.25, 0.3) is 0 Å². The summed E-state index contributed by atoms with van der Waals surface area (Å²) in [6, 6.07) is 3.34. The van der Waals surface area contributed by atoms with Crippen molar-refractivity contribution in [3.63, 3.8) is 0 Å². The lowest BCUT2D eigenvalue weighted by atomic mass is 10.3. The van der Waals surface area contributed by atoms with Crippen LogP contribution in [-0.4, -0.2) is 7.11 Å². The summed E-state index contributed by atoms with van der Waals surface area (Å²) in [6.07, 6.45) is 0. The van der Waals surface area contributed by atoms with Crippen LogP contribution in [0.1, 0.15) is 0 Å². The Morgan fingerprint density at radius 3 is 2.64 bits per heavy atom. The predicted molar refractivity (Wildman–Crippen MR) is 39.2 cm³/mol. The first-order chi connectivity index (χ1) is 5.24. The number of halogens is 2. The van der Waals surface area contributed by atoms with Crippen molar-refractivity contribution in [2.45, 2.75) is 4.90 Å². The van der Waals surface area contributed by atoms with Crippen molar-refractivity contribution in [2.24, 2.45) is 0 Å². The monoisotopic (exact) mass is 176 g/mol. The van der Waals surface area contributed by atoms with Crippen LogP contribution in [0.4, 0.5) is 8.78 Å². The molecule has 1 rings (SSSR count). The fourth-order valence-corrected chi connectivity index (χ4v) is 1.07. The van der Waals surface area contributed by atoms with Crippen LogP contribution in [0.2, 0.25) is 0 Å². The first-order valence-corrected chi connectivity index (χ1v) is 3.64. The molecule has 0 heterocycles. The largest absolute Gasteiger partial charge is 0.313 e. The van der Waals surface area contributed by atoms with Crippen LogP contribution in [0.5, 0.6) is 0 Å². The molecule has 0 amide bonds. The molecule has 0 aromatic heterocycles. The normalized spacial score (nSPS) is 10.1. The third-order valence-electron chi connectivity index (χ3n) is 1.07. The van der Waals surface area contributed by atoms with Crippen LogP contribution in [0.3, 0.4) is 0 Å². The first kappa shape index (κ1) is 8.49. The molecule has 4 heteroatoms. The highest BCUT2D eigenvalue weighted by Gasteiger charge is 2.02. The van der Waals surface area contributed by atoms with Crippen molar-refractivity contribution in [3.8, 4) is 0 Å². The van der Waals surface area contributed by atoms with Gasteiger partial charge in [-0.3, -0.25) is 0 Å². The van der Waals surface area contributed by atoms with Crippen molar-refractivity contribution in [1.82, 2.24) is 0 Å². The van der Waals surface area contributed by atoms with Gasteiger partial charge in [0.1, 0.15) is 11.6 Å².